The van der Waals surface area contributed by atoms with E-state index in [1.807, 2.05) is 0 Å². The smallest absolute Gasteiger partial charge is 0 e. The molecule has 0 atom stereocenters. The lowest BCUT2D eigenvalue weighted by atomic mass is 9.78. The Hall–Kier alpha value is 1.46. The summed E-state index contributed by atoms with van der Waals surface area (Å²) >= 11 is 4.24. The molecular weight excluding hydrogens is 470 g/mol. The maximum atomic E-state index is 2.30. The molecule has 0 amide bonds. The third kappa shape index (κ3) is 21.8. The highest BCUT2D eigenvalue weighted by Gasteiger charge is 2.20. The van der Waals surface area contributed by atoms with E-state index < -0.39 is 0 Å². The van der Waals surface area contributed by atoms with Gasteiger partial charge < -0.3 is 0 Å². The van der Waals surface area contributed by atoms with Gasteiger partial charge in [-0.15, -0.1) is 0 Å². The molecule has 0 aliphatic rings. The first-order valence-corrected chi connectivity index (χ1v) is 13.5. The van der Waals surface area contributed by atoms with Crippen molar-refractivity contribution in [1.82, 2.24) is 0 Å². The zero-order valence-corrected chi connectivity index (χ0v) is 17.4. The van der Waals surface area contributed by atoms with Crippen LogP contribution in [-0.2, 0) is 0 Å². The molecule has 0 aliphatic heterocycles. The van der Waals surface area contributed by atoms with E-state index in [2.05, 4.69) is 85.7 Å². The molecule has 0 aromatic heterocycles. The summed E-state index contributed by atoms with van der Waals surface area (Å²) < 4.78 is 0. The van der Waals surface area contributed by atoms with Gasteiger partial charge in [-0.2, -0.15) is 0 Å². The molecule has 0 nitrogen and oxygen atoms in total. The Morgan fingerprint density at radius 1 is 0.650 bits per heavy atom. The highest BCUT2D eigenvalue weighted by atomic mass is 128. The predicted octanol–water partition coefficient (Wildman–Crippen LogP) is 9.73. The van der Waals surface area contributed by atoms with Gasteiger partial charge in [0.25, 0.3) is 0 Å². The second-order valence-corrected chi connectivity index (χ2v) is 4.84. The van der Waals surface area contributed by atoms with Crippen molar-refractivity contribution in [2.24, 2.45) is 11.3 Å². The molecule has 2 heteroatoms. The molecule has 0 saturated carbocycles. The van der Waals surface area contributed by atoms with Crippen molar-refractivity contribution in [3.8, 4) is 0 Å². The topological polar surface area (TPSA) is 0 Å². The van der Waals surface area contributed by atoms with Crippen LogP contribution in [0.15, 0.2) is 0 Å². The molecule has 0 aromatic carbocycles. The molecule has 0 aromatic rings. The predicted molar refractivity (Wildman–Crippen MR) is 122 cm³/mol. The standard InChI is InChI=1S/C9H20.C6H14.3CH4.I2/c1-5-9(6-2,7-3)8-4;1-4-6(3)5-2;;;;1-2/h5-8H2,1-4H3;6H,4-5H2,1-3H3;3*1H4;. The van der Waals surface area contributed by atoms with Crippen LogP contribution in [0.2, 0.25) is 0 Å². The SMILES string of the molecule is C.C.C.CCC(C)CC.CCC(CC)(CC)CC.II. The highest BCUT2D eigenvalue weighted by molar-refractivity contribution is 15.0. The molecule has 0 rings (SSSR count). The van der Waals surface area contributed by atoms with E-state index >= 15 is 0 Å². The third-order valence-corrected chi connectivity index (χ3v) is 4.39. The molecule has 0 heterocycles. The van der Waals surface area contributed by atoms with E-state index in [0.29, 0.717) is 5.41 Å². The Kier molecular flexibility index (Phi) is 53.7. The first kappa shape index (κ1) is 37.6. The number of hydrogen-bond acceptors (Lipinski definition) is 0. The molecule has 0 fully saturated rings. The Balaban J connectivity index is -0.0000000399. The Bertz CT molecular complexity index is 99.1. The zero-order chi connectivity index (χ0) is 14.3. The zero-order valence-electron chi connectivity index (χ0n) is 13.1. The summed E-state index contributed by atoms with van der Waals surface area (Å²) in [7, 11) is 0. The second kappa shape index (κ2) is 28.6. The van der Waals surface area contributed by atoms with Gasteiger partial charge in [0.15, 0.2) is 0 Å². The van der Waals surface area contributed by atoms with Gasteiger partial charge in [0.05, 0.1) is 0 Å². The van der Waals surface area contributed by atoms with Crippen LogP contribution in [0.1, 0.15) is 109 Å². The average molecular weight is 516 g/mol. The Labute approximate surface area is 157 Å². The van der Waals surface area contributed by atoms with Crippen molar-refractivity contribution in [2.45, 2.75) is 109 Å². The van der Waals surface area contributed by atoms with Crippen LogP contribution in [0.25, 0.3) is 0 Å². The van der Waals surface area contributed by atoms with Crippen molar-refractivity contribution in [2.75, 3.05) is 0 Å². The minimum atomic E-state index is 0. The van der Waals surface area contributed by atoms with Gasteiger partial charge in [-0.3, -0.25) is 0 Å². The maximum Gasteiger partial charge on any atom is 0 e. The summed E-state index contributed by atoms with van der Waals surface area (Å²) in [6.45, 7) is 15.9. The second-order valence-electron chi connectivity index (χ2n) is 4.84. The fraction of sp³-hybridized carbons (Fsp3) is 1.00. The molecule has 132 valence electrons. The van der Waals surface area contributed by atoms with Gasteiger partial charge in [0.1, 0.15) is 0 Å². The summed E-state index contributed by atoms with van der Waals surface area (Å²) in [5.74, 6) is 0.935. The molecule has 0 spiro atoms. The summed E-state index contributed by atoms with van der Waals surface area (Å²) in [4.78, 5) is 0. The molecule has 0 radical (unpaired) electrons. The molecular formula is C18H46I2. The summed E-state index contributed by atoms with van der Waals surface area (Å²) in [6, 6.07) is 0. The van der Waals surface area contributed by atoms with Gasteiger partial charge >= 0.3 is 0 Å². The lowest BCUT2D eigenvalue weighted by molar-refractivity contribution is 0.240. The minimum absolute atomic E-state index is 0. The van der Waals surface area contributed by atoms with E-state index in [4.69, 9.17) is 0 Å². The first-order chi connectivity index (χ1) is 8.05. The van der Waals surface area contributed by atoms with Crippen molar-refractivity contribution >= 4 is 37.2 Å². The maximum absolute atomic E-state index is 2.30. The van der Waals surface area contributed by atoms with Crippen LogP contribution in [-0.4, -0.2) is 0 Å². The molecule has 0 unspecified atom stereocenters. The van der Waals surface area contributed by atoms with Gasteiger partial charge in [0.2, 0.25) is 0 Å². The van der Waals surface area contributed by atoms with Crippen molar-refractivity contribution in [3.05, 3.63) is 0 Å². The summed E-state index contributed by atoms with van der Waals surface area (Å²) in [5, 5.41) is 0. The van der Waals surface area contributed by atoms with Crippen LogP contribution in [0.5, 0.6) is 0 Å². The van der Waals surface area contributed by atoms with E-state index in [-0.39, 0.29) is 22.3 Å². The van der Waals surface area contributed by atoms with E-state index in [0.717, 1.165) is 5.92 Å². The normalized spacial score (nSPS) is 8.70. The number of halogens is 2. The third-order valence-electron chi connectivity index (χ3n) is 4.39. The lowest BCUT2D eigenvalue weighted by Gasteiger charge is -2.28. The largest absolute Gasteiger partial charge is 0.0776 e. The van der Waals surface area contributed by atoms with Crippen molar-refractivity contribution in [1.29, 1.82) is 0 Å². The van der Waals surface area contributed by atoms with Crippen LogP contribution < -0.4 is 0 Å². The van der Waals surface area contributed by atoms with Crippen LogP contribution in [0.4, 0.5) is 0 Å². The summed E-state index contributed by atoms with van der Waals surface area (Å²) in [5.41, 5.74) is 0.667. The first-order valence-electron chi connectivity index (χ1n) is 7.19. The fourth-order valence-electron chi connectivity index (χ4n) is 1.79. The lowest BCUT2D eigenvalue weighted by Crippen LogP contribution is -2.15. The molecule has 0 bridgehead atoms. The molecule has 0 N–H and O–H groups in total. The molecule has 0 aliphatic carbocycles. The Morgan fingerprint density at radius 3 is 0.850 bits per heavy atom. The quantitative estimate of drug-likeness (QED) is 0.308. The van der Waals surface area contributed by atoms with Crippen molar-refractivity contribution < 1.29 is 0 Å². The van der Waals surface area contributed by atoms with Crippen LogP contribution in [0, 0.1) is 11.3 Å². The summed E-state index contributed by atoms with van der Waals surface area (Å²) in [6.07, 6.45) is 8.03. The van der Waals surface area contributed by atoms with Crippen LogP contribution >= 0.6 is 37.2 Å². The number of rotatable bonds is 6. The molecule has 20 heavy (non-hydrogen) atoms. The van der Waals surface area contributed by atoms with E-state index in [1.165, 1.54) is 38.5 Å². The van der Waals surface area contributed by atoms with E-state index in [1.54, 1.807) is 0 Å². The van der Waals surface area contributed by atoms with Crippen molar-refractivity contribution in [3.63, 3.8) is 0 Å². The van der Waals surface area contributed by atoms with Gasteiger partial charge in [-0.05, 0) is 11.3 Å². The average Bonchev–Trinajstić information content (AvgIpc) is 2.44. The number of hydrogen-bond donors (Lipinski definition) is 0. The van der Waals surface area contributed by atoms with Crippen LogP contribution in [0.3, 0.4) is 0 Å². The fourth-order valence-corrected chi connectivity index (χ4v) is 1.79. The van der Waals surface area contributed by atoms with E-state index in [9.17, 15) is 0 Å². The van der Waals surface area contributed by atoms with Gasteiger partial charge in [-0.25, -0.2) is 0 Å². The monoisotopic (exact) mass is 516 g/mol. The highest BCUT2D eigenvalue weighted by Crippen LogP contribution is 2.33. The van der Waals surface area contributed by atoms with Gasteiger partial charge in [0, 0.05) is 37.2 Å². The molecule has 0 saturated heterocycles. The van der Waals surface area contributed by atoms with Gasteiger partial charge in [-0.1, -0.05) is 109 Å². The Morgan fingerprint density at radius 2 is 0.850 bits per heavy atom. The minimum Gasteiger partial charge on any atom is -0.0776 e.